The zero-order valence-electron chi connectivity index (χ0n) is 14.5. The number of phenolic OH excluding ortho intramolecular Hbond substituents is 1. The molecule has 0 aliphatic carbocycles. The third-order valence-electron chi connectivity index (χ3n) is 3.42. The Bertz CT molecular complexity index is 901. The molecule has 0 aliphatic heterocycles. The summed E-state index contributed by atoms with van der Waals surface area (Å²) >= 11 is 0. The van der Waals surface area contributed by atoms with E-state index in [-0.39, 0.29) is 26.9 Å². The molecule has 0 saturated heterocycles. The molecule has 0 saturated carbocycles. The van der Waals surface area contributed by atoms with Crippen molar-refractivity contribution < 1.29 is 27.8 Å². The van der Waals surface area contributed by atoms with Gasteiger partial charge in [0.1, 0.15) is 6.26 Å². The number of hydrogen-bond donors (Lipinski definition) is 1. The summed E-state index contributed by atoms with van der Waals surface area (Å²) in [5, 5.41) is 10.1. The predicted molar refractivity (Wildman–Crippen MR) is 95.6 cm³/mol. The van der Waals surface area contributed by atoms with Gasteiger partial charge in [0.15, 0.2) is 11.5 Å². The van der Waals surface area contributed by atoms with Crippen molar-refractivity contribution in [2.75, 3.05) is 6.61 Å². The zero-order chi connectivity index (χ0) is 19.2. The molecule has 0 heterocycles. The topological polar surface area (TPSA) is 89.9 Å². The summed E-state index contributed by atoms with van der Waals surface area (Å²) in [6.45, 7) is 3.70. The van der Waals surface area contributed by atoms with Crippen LogP contribution in [0.2, 0.25) is 0 Å². The lowest BCUT2D eigenvalue weighted by Gasteiger charge is -2.09. The second-order valence-corrected chi connectivity index (χ2v) is 7.45. The van der Waals surface area contributed by atoms with Crippen molar-refractivity contribution in [3.8, 4) is 11.5 Å². The van der Waals surface area contributed by atoms with E-state index in [1.54, 1.807) is 18.2 Å². The Morgan fingerprint density at radius 2 is 1.81 bits per heavy atom. The lowest BCUT2D eigenvalue weighted by molar-refractivity contribution is -0.139. The van der Waals surface area contributed by atoms with Gasteiger partial charge in [-0.05, 0) is 37.6 Å². The number of aromatic hydroxyl groups is 1. The molecule has 2 aromatic rings. The van der Waals surface area contributed by atoms with Gasteiger partial charge >= 0.3 is 5.97 Å². The maximum Gasteiger partial charge on any atom is 0.336 e. The third-order valence-corrected chi connectivity index (χ3v) is 5.18. The van der Waals surface area contributed by atoms with E-state index < -0.39 is 15.8 Å². The highest BCUT2D eigenvalue weighted by Gasteiger charge is 2.19. The molecule has 0 bridgehead atoms. The Kier molecular flexibility index (Phi) is 6.41. The van der Waals surface area contributed by atoms with Crippen molar-refractivity contribution in [3.05, 3.63) is 60.4 Å². The van der Waals surface area contributed by atoms with Gasteiger partial charge in [-0.15, -0.1) is 0 Å². The second kappa shape index (κ2) is 8.53. The first-order valence-electron chi connectivity index (χ1n) is 8.00. The molecule has 0 unspecified atom stereocenters. The van der Waals surface area contributed by atoms with Crippen LogP contribution in [0.15, 0.2) is 70.2 Å². The predicted octanol–water partition coefficient (Wildman–Crippen LogP) is 3.46. The van der Waals surface area contributed by atoms with Crippen LogP contribution in [-0.4, -0.2) is 26.1 Å². The summed E-state index contributed by atoms with van der Waals surface area (Å²) in [6, 6.07) is 11.7. The molecule has 0 atom stereocenters. The minimum atomic E-state index is -3.74. The first kappa shape index (κ1) is 19.5. The lowest BCUT2D eigenvalue weighted by atomic mass is 10.3. The standard InChI is InChI=1S/C19H20O6S/c1-3-11-24-19(21)14(2)13-25-18-10-9-16(12-17(18)20)26(22,23)15-7-5-4-6-8-15/h4-10,12-13,20H,3,11H2,1-2H3. The summed E-state index contributed by atoms with van der Waals surface area (Å²) in [6.07, 6.45) is 1.86. The average molecular weight is 376 g/mol. The number of ether oxygens (including phenoxy) is 2. The van der Waals surface area contributed by atoms with E-state index in [2.05, 4.69) is 0 Å². The maximum atomic E-state index is 12.5. The number of esters is 1. The van der Waals surface area contributed by atoms with Crippen molar-refractivity contribution in [1.29, 1.82) is 0 Å². The van der Waals surface area contributed by atoms with E-state index in [4.69, 9.17) is 9.47 Å². The van der Waals surface area contributed by atoms with Crippen molar-refractivity contribution in [3.63, 3.8) is 0 Å². The molecule has 0 spiro atoms. The van der Waals surface area contributed by atoms with Crippen molar-refractivity contribution >= 4 is 15.8 Å². The number of benzene rings is 2. The molecule has 0 amide bonds. The van der Waals surface area contributed by atoms with Gasteiger partial charge < -0.3 is 14.6 Å². The minimum absolute atomic E-state index is 0.0275. The number of phenols is 1. The summed E-state index contributed by atoms with van der Waals surface area (Å²) in [7, 11) is -3.74. The molecule has 6 nitrogen and oxygen atoms in total. The van der Waals surface area contributed by atoms with Crippen LogP contribution in [-0.2, 0) is 19.4 Å². The molecule has 7 heteroatoms. The lowest BCUT2D eigenvalue weighted by Crippen LogP contribution is -2.07. The zero-order valence-corrected chi connectivity index (χ0v) is 15.3. The smallest absolute Gasteiger partial charge is 0.336 e. The van der Waals surface area contributed by atoms with Crippen LogP contribution in [0, 0.1) is 0 Å². The van der Waals surface area contributed by atoms with Crippen LogP contribution in [0.5, 0.6) is 11.5 Å². The van der Waals surface area contributed by atoms with Gasteiger partial charge in [0.05, 0.1) is 22.0 Å². The van der Waals surface area contributed by atoms with Gasteiger partial charge in [-0.1, -0.05) is 25.1 Å². The van der Waals surface area contributed by atoms with Crippen LogP contribution in [0.4, 0.5) is 0 Å². The number of rotatable bonds is 7. The van der Waals surface area contributed by atoms with Gasteiger partial charge in [-0.25, -0.2) is 13.2 Å². The normalized spacial score (nSPS) is 11.8. The quantitative estimate of drug-likeness (QED) is 0.452. The van der Waals surface area contributed by atoms with E-state index >= 15 is 0 Å². The van der Waals surface area contributed by atoms with E-state index in [0.717, 1.165) is 12.3 Å². The summed E-state index contributed by atoms with van der Waals surface area (Å²) in [5.74, 6) is -0.845. The fraction of sp³-hybridized carbons (Fsp3) is 0.211. The Morgan fingerprint density at radius 3 is 2.42 bits per heavy atom. The van der Waals surface area contributed by atoms with Crippen molar-refractivity contribution in [2.24, 2.45) is 0 Å². The molecule has 0 aromatic heterocycles. The van der Waals surface area contributed by atoms with Crippen LogP contribution in [0.25, 0.3) is 0 Å². The molecule has 2 rings (SSSR count). The van der Waals surface area contributed by atoms with Crippen molar-refractivity contribution in [2.45, 2.75) is 30.1 Å². The first-order chi connectivity index (χ1) is 12.4. The molecule has 0 aliphatic rings. The van der Waals surface area contributed by atoms with Gasteiger partial charge in [-0.3, -0.25) is 0 Å². The molecular formula is C19H20O6S. The van der Waals surface area contributed by atoms with Crippen LogP contribution in [0.1, 0.15) is 20.3 Å². The Balaban J connectivity index is 2.19. The van der Waals surface area contributed by atoms with Crippen LogP contribution < -0.4 is 4.74 Å². The molecule has 138 valence electrons. The van der Waals surface area contributed by atoms with Gasteiger partial charge in [0, 0.05) is 6.07 Å². The molecule has 2 aromatic carbocycles. The van der Waals surface area contributed by atoms with Gasteiger partial charge in [-0.2, -0.15) is 0 Å². The largest absolute Gasteiger partial charge is 0.504 e. The Hall–Kier alpha value is -2.80. The summed E-state index contributed by atoms with van der Waals surface area (Å²) in [4.78, 5) is 11.7. The molecule has 26 heavy (non-hydrogen) atoms. The fourth-order valence-electron chi connectivity index (χ4n) is 2.01. The SMILES string of the molecule is CCCOC(=O)C(C)=COc1ccc(S(=O)(=O)c2ccccc2)cc1O. The third kappa shape index (κ3) is 4.64. The summed E-state index contributed by atoms with van der Waals surface area (Å²) in [5.41, 5.74) is 0.221. The highest BCUT2D eigenvalue weighted by Crippen LogP contribution is 2.31. The molecule has 0 fully saturated rings. The molecular weight excluding hydrogens is 356 g/mol. The Morgan fingerprint density at radius 1 is 1.12 bits per heavy atom. The second-order valence-electron chi connectivity index (χ2n) is 5.50. The van der Waals surface area contributed by atoms with Crippen LogP contribution in [0.3, 0.4) is 0 Å². The minimum Gasteiger partial charge on any atom is -0.504 e. The highest BCUT2D eigenvalue weighted by atomic mass is 32.2. The highest BCUT2D eigenvalue weighted by molar-refractivity contribution is 7.91. The maximum absolute atomic E-state index is 12.5. The number of sulfone groups is 1. The van der Waals surface area contributed by atoms with Crippen molar-refractivity contribution in [1.82, 2.24) is 0 Å². The average Bonchev–Trinajstić information content (AvgIpc) is 2.65. The molecule has 1 N–H and O–H groups in total. The van der Waals surface area contributed by atoms with E-state index in [9.17, 15) is 18.3 Å². The summed E-state index contributed by atoms with van der Waals surface area (Å²) < 4.78 is 35.3. The van der Waals surface area contributed by atoms with Crippen LogP contribution >= 0.6 is 0 Å². The Labute approximate surface area is 152 Å². The van der Waals surface area contributed by atoms with E-state index in [0.29, 0.717) is 13.0 Å². The van der Waals surface area contributed by atoms with Gasteiger partial charge in [0.2, 0.25) is 9.84 Å². The fourth-order valence-corrected chi connectivity index (χ4v) is 3.31. The number of hydrogen-bond acceptors (Lipinski definition) is 6. The monoisotopic (exact) mass is 376 g/mol. The van der Waals surface area contributed by atoms with Gasteiger partial charge in [0.25, 0.3) is 0 Å². The first-order valence-corrected chi connectivity index (χ1v) is 9.48. The van der Waals surface area contributed by atoms with E-state index in [1.165, 1.54) is 31.2 Å². The number of carbonyl (C=O) groups is 1. The molecule has 0 radical (unpaired) electrons. The number of carbonyl (C=O) groups excluding carboxylic acids is 1. The van der Waals surface area contributed by atoms with E-state index in [1.807, 2.05) is 6.92 Å².